The zero-order valence-corrected chi connectivity index (χ0v) is 62.3. The van der Waals surface area contributed by atoms with Crippen molar-refractivity contribution in [2.75, 3.05) is 23.8 Å². The van der Waals surface area contributed by atoms with E-state index in [1.165, 1.54) is 0 Å². The Hall–Kier alpha value is -10.2. The maximum atomic E-state index is 15.0. The van der Waals surface area contributed by atoms with Gasteiger partial charge < -0.3 is 39.1 Å². The van der Waals surface area contributed by atoms with Crippen LogP contribution in [0.4, 0.5) is 21.0 Å². The lowest BCUT2D eigenvalue weighted by molar-refractivity contribution is -0.118. The zero-order valence-electron chi connectivity index (χ0n) is 62.3. The van der Waals surface area contributed by atoms with Crippen LogP contribution in [0.2, 0.25) is 0 Å². The number of carbonyl (C=O) groups excluding carboxylic acids is 4. The van der Waals surface area contributed by atoms with E-state index < -0.39 is 45.2 Å². The lowest BCUT2D eigenvalue weighted by Gasteiger charge is -2.29. The number of hydrogen-bond acceptors (Lipinski definition) is 10. The molecule has 12 heteroatoms. The zero-order chi connectivity index (χ0) is 72.9. The maximum absolute atomic E-state index is 15.0. The Labute approximate surface area is 599 Å². The van der Waals surface area contributed by atoms with Gasteiger partial charge in [0.25, 0.3) is 11.8 Å². The van der Waals surface area contributed by atoms with E-state index in [4.69, 9.17) is 28.4 Å². The number of ether oxygens (including phenoxy) is 6. The van der Waals surface area contributed by atoms with Crippen LogP contribution < -0.4 is 29.6 Å². The van der Waals surface area contributed by atoms with Crippen LogP contribution in [0, 0.1) is 0 Å². The fourth-order valence-corrected chi connectivity index (χ4v) is 14.3. The summed E-state index contributed by atoms with van der Waals surface area (Å²) in [5.41, 5.74) is 7.02. The summed E-state index contributed by atoms with van der Waals surface area (Å²) in [5.74, 6) is 0.706. The Morgan fingerprint density at radius 3 is 0.824 bits per heavy atom. The number of carbonyl (C=O) groups is 4. The molecule has 1 aliphatic carbocycles. The molecule has 0 saturated carbocycles. The van der Waals surface area contributed by atoms with Crippen LogP contribution in [-0.2, 0) is 66.4 Å². The van der Waals surface area contributed by atoms with Crippen molar-refractivity contribution < 1.29 is 47.6 Å². The molecule has 0 fully saturated rings. The van der Waals surface area contributed by atoms with Gasteiger partial charge in [0.1, 0.15) is 34.2 Å². The van der Waals surface area contributed by atoms with Crippen molar-refractivity contribution in [1.29, 1.82) is 0 Å². The smallest absolute Gasteiger partial charge is 0.483 e. The van der Waals surface area contributed by atoms with Crippen molar-refractivity contribution in [3.8, 4) is 23.0 Å². The highest BCUT2D eigenvalue weighted by molar-refractivity contribution is 6.27. The summed E-state index contributed by atoms with van der Waals surface area (Å²) >= 11 is 0. The number of hydrogen-bond donors (Lipinski definition) is 2. The molecule has 0 unspecified atom stereocenters. The number of anilines is 2. The summed E-state index contributed by atoms with van der Waals surface area (Å²) in [6.07, 6.45) is -1.19. The van der Waals surface area contributed by atoms with Crippen LogP contribution in [0.1, 0.15) is 191 Å². The van der Waals surface area contributed by atoms with Gasteiger partial charge in [0, 0.05) is 70.1 Å². The van der Waals surface area contributed by atoms with Crippen LogP contribution in [0.25, 0.3) is 64.6 Å². The van der Waals surface area contributed by atoms with Gasteiger partial charge in [-0.3, -0.25) is 9.59 Å². The molecule has 0 heterocycles. The molecule has 0 saturated heterocycles. The molecule has 12 nitrogen and oxygen atoms in total. The minimum atomic E-state index is -0.921. The van der Waals surface area contributed by atoms with E-state index in [0.29, 0.717) is 78.9 Å². The molecule has 0 atom stereocenters. The second kappa shape index (κ2) is 26.0. The highest BCUT2D eigenvalue weighted by atomic mass is 16.7. The van der Waals surface area contributed by atoms with E-state index in [1.807, 2.05) is 24.3 Å². The number of fused-ring (bicyclic) bond motifs is 8. The Kier molecular flexibility index (Phi) is 17.9. The molecule has 0 spiro atoms. The first-order chi connectivity index (χ1) is 47.9. The van der Waals surface area contributed by atoms with Gasteiger partial charge in [-0.05, 0) is 174 Å². The fourth-order valence-electron chi connectivity index (χ4n) is 14.3. The maximum Gasteiger partial charge on any atom is 0.514 e. The van der Waals surface area contributed by atoms with Crippen molar-refractivity contribution in [3.63, 3.8) is 0 Å². The normalized spacial score (nSPS) is 13.3. The third-order valence-corrected chi connectivity index (χ3v) is 19.4. The first-order valence-corrected chi connectivity index (χ1v) is 35.5. The average Bonchev–Trinajstić information content (AvgIpc) is 0.751. The summed E-state index contributed by atoms with van der Waals surface area (Å²) < 4.78 is 39.8. The number of benzene rings is 12. The largest absolute Gasteiger partial charge is 0.514 e. The van der Waals surface area contributed by atoms with E-state index in [9.17, 15) is 19.2 Å². The molecule has 0 aromatic heterocycles. The van der Waals surface area contributed by atoms with Gasteiger partial charge in [0.2, 0.25) is 0 Å². The summed E-state index contributed by atoms with van der Waals surface area (Å²) in [6, 6.07) is 54.3. The predicted octanol–water partition coefficient (Wildman–Crippen LogP) is 22.0. The van der Waals surface area contributed by atoms with E-state index >= 15 is 0 Å². The second-order valence-corrected chi connectivity index (χ2v) is 33.9. The molecule has 524 valence electrons. The highest BCUT2D eigenvalue weighted by Gasteiger charge is 2.33. The fraction of sp³-hybridized carbons (Fsp3) is 0.333. The van der Waals surface area contributed by atoms with E-state index in [-0.39, 0.29) is 50.7 Å². The Morgan fingerprint density at radius 1 is 0.314 bits per heavy atom. The Balaban J connectivity index is 1.02. The standard InChI is InChI=1S/C90H94N2O10/c1-85(2,3)65-41-57-37-61-45-67(87(7,8)9)47-63(81(61)99-83(95)101-89(13,14)15)39-59-43-66(86(4,5)6)44-60(80(59)98-50-74(94)92-72-36-32-56-28-26-52-22-20-24-54-30-34-70(72)78(56)76(52)54)40-64-48-68(88(10,11)12)46-62(82(64)100-84(96)102-90(16,17)18)38-58(42-65)79(57)97-49-73(93)91-71-35-31-55-27-25-51-21-19-23-53-29-33-69(71)77(55)75(51)53/h19-36,41-48H,37-40,49-50H2,1-18H3,(H,91,93)(H,92,94). The molecule has 13 rings (SSSR count). The average molecular weight is 1360 g/mol. The molecule has 12 aromatic carbocycles. The molecule has 8 bridgehead atoms. The van der Waals surface area contributed by atoms with Crippen molar-refractivity contribution in [2.24, 2.45) is 0 Å². The predicted molar refractivity (Wildman–Crippen MR) is 414 cm³/mol. The Morgan fingerprint density at radius 2 is 0.559 bits per heavy atom. The van der Waals surface area contributed by atoms with Crippen molar-refractivity contribution in [1.82, 2.24) is 0 Å². The first kappa shape index (κ1) is 70.2. The Bertz CT molecular complexity index is 4870. The lowest BCUT2D eigenvalue weighted by Crippen LogP contribution is -2.27. The van der Waals surface area contributed by atoms with Crippen LogP contribution in [0.5, 0.6) is 23.0 Å². The molecule has 1 aliphatic rings. The van der Waals surface area contributed by atoms with Gasteiger partial charge in [0.05, 0.1) is 0 Å². The van der Waals surface area contributed by atoms with E-state index in [0.717, 1.165) is 86.9 Å². The van der Waals surface area contributed by atoms with Gasteiger partial charge >= 0.3 is 12.3 Å². The minimum Gasteiger partial charge on any atom is -0.483 e. The third kappa shape index (κ3) is 14.7. The number of rotatable bonds is 10. The van der Waals surface area contributed by atoms with Crippen molar-refractivity contribution in [2.45, 2.75) is 183 Å². The summed E-state index contributed by atoms with van der Waals surface area (Å²) in [7, 11) is 0. The van der Waals surface area contributed by atoms with E-state index in [2.05, 4.69) is 227 Å². The first-order valence-electron chi connectivity index (χ1n) is 35.5. The van der Waals surface area contributed by atoms with E-state index in [1.54, 1.807) is 41.5 Å². The summed E-state index contributed by atoms with van der Waals surface area (Å²) in [6.45, 7) is 36.0. The minimum absolute atomic E-state index is 0.145. The van der Waals surface area contributed by atoms with Gasteiger partial charge in [-0.1, -0.05) is 229 Å². The van der Waals surface area contributed by atoms with Crippen LogP contribution in [-0.4, -0.2) is 48.5 Å². The topological polar surface area (TPSA) is 148 Å². The quantitative estimate of drug-likeness (QED) is 0.0770. The van der Waals surface area contributed by atoms with Gasteiger partial charge in [-0.15, -0.1) is 0 Å². The van der Waals surface area contributed by atoms with Crippen LogP contribution >= 0.6 is 0 Å². The van der Waals surface area contributed by atoms with Crippen molar-refractivity contribution in [3.05, 3.63) is 224 Å². The monoisotopic (exact) mass is 1360 g/mol. The molecule has 12 aromatic rings. The van der Waals surface area contributed by atoms with Gasteiger partial charge in [-0.2, -0.15) is 0 Å². The molecule has 102 heavy (non-hydrogen) atoms. The molecule has 0 aliphatic heterocycles. The van der Waals surface area contributed by atoms with Crippen LogP contribution in [0.3, 0.4) is 0 Å². The van der Waals surface area contributed by atoms with Gasteiger partial charge in [0.15, 0.2) is 13.2 Å². The second-order valence-electron chi connectivity index (χ2n) is 33.9. The van der Waals surface area contributed by atoms with Crippen molar-refractivity contribution >= 4 is 100 Å². The van der Waals surface area contributed by atoms with Gasteiger partial charge in [-0.25, -0.2) is 9.59 Å². The SMILES string of the molecule is CC(C)(C)OC(=O)Oc1c2cc(C(C)(C)C)cc1Cc1cc(C(C)(C)C)cc(c1OCC(=O)Nc1ccc3ccc4cccc5ccc1c3c45)Cc1cc(C(C)(C)C)cc(c1OC(=O)OC(C)(C)C)Cc1cc(C(C)(C)C)cc(c1OCC(=O)Nc1ccc3ccc4cccc5ccc1c3c45)C2. The lowest BCUT2D eigenvalue weighted by atomic mass is 9.79. The molecular formula is C90H94N2O10. The number of amides is 2. The summed E-state index contributed by atoms with van der Waals surface area (Å²) in [4.78, 5) is 59.2. The van der Waals surface area contributed by atoms with Crippen LogP contribution in [0.15, 0.2) is 158 Å². The molecule has 2 amide bonds. The molecular weight excluding hydrogens is 1270 g/mol. The number of nitrogens with one attached hydrogen (secondary N) is 2. The molecule has 2 N–H and O–H groups in total. The molecule has 0 radical (unpaired) electrons. The highest BCUT2D eigenvalue weighted by Crippen LogP contribution is 2.47. The summed E-state index contributed by atoms with van der Waals surface area (Å²) in [5, 5.41) is 19.3. The third-order valence-electron chi connectivity index (χ3n) is 19.4.